The highest BCUT2D eigenvalue weighted by atomic mass is 79.9. The van der Waals surface area contributed by atoms with Gasteiger partial charge in [0.1, 0.15) is 0 Å². The third-order valence-corrected chi connectivity index (χ3v) is 4.16. The lowest BCUT2D eigenvalue weighted by atomic mass is 9.98. The fourth-order valence-electron chi connectivity index (χ4n) is 2.57. The maximum atomic E-state index is 6.06. The molecule has 1 aliphatic heterocycles. The van der Waals surface area contributed by atoms with E-state index >= 15 is 0 Å². The molecule has 0 aromatic heterocycles. The molecule has 1 atom stereocenters. The molecule has 17 heavy (non-hydrogen) atoms. The summed E-state index contributed by atoms with van der Waals surface area (Å²) in [4.78, 5) is 0. The molecule has 1 N–H and O–H groups in total. The molecule has 3 heteroatoms. The van der Waals surface area contributed by atoms with Crippen molar-refractivity contribution in [2.24, 2.45) is 0 Å². The molecule has 0 amide bonds. The maximum absolute atomic E-state index is 6.06. The summed E-state index contributed by atoms with van der Waals surface area (Å²) in [5, 5.41) is 4.30. The summed E-state index contributed by atoms with van der Waals surface area (Å²) in [7, 11) is 0. The second-order valence-corrected chi connectivity index (χ2v) is 5.94. The molecule has 0 spiro atoms. The van der Waals surface area contributed by atoms with Gasteiger partial charge in [0.25, 0.3) is 0 Å². The van der Waals surface area contributed by atoms with Crippen molar-refractivity contribution < 1.29 is 0 Å². The zero-order valence-corrected chi connectivity index (χ0v) is 11.7. The fraction of sp³-hybridized carbons (Fsp3) is 0.286. The molecule has 0 radical (unpaired) electrons. The van der Waals surface area contributed by atoms with Crippen LogP contribution in [0.25, 0.3) is 0 Å². The molecule has 1 heterocycles. The minimum Gasteiger partial charge on any atom is -0.383 e. The number of allylic oxidation sites excluding steroid dienone is 2. The van der Waals surface area contributed by atoms with Crippen molar-refractivity contribution in [1.82, 2.24) is 5.32 Å². The Morgan fingerprint density at radius 1 is 1.24 bits per heavy atom. The Morgan fingerprint density at radius 3 is 3.00 bits per heavy atom. The summed E-state index contributed by atoms with van der Waals surface area (Å²) in [5.74, 6) is 0. The molecule has 2 aliphatic rings. The number of rotatable bonds is 0. The summed E-state index contributed by atoms with van der Waals surface area (Å²) in [6, 6.07) is 6.70. The number of fused-ring (bicyclic) bond motifs is 2. The predicted molar refractivity (Wildman–Crippen MR) is 75.5 cm³/mol. The van der Waals surface area contributed by atoms with Crippen LogP contribution in [0.3, 0.4) is 0 Å². The highest BCUT2D eigenvalue weighted by Crippen LogP contribution is 2.29. The number of halogens is 2. The summed E-state index contributed by atoms with van der Waals surface area (Å²) in [5.41, 5.74) is 4.29. The van der Waals surface area contributed by atoms with E-state index in [1.165, 1.54) is 16.7 Å². The van der Waals surface area contributed by atoms with Crippen LogP contribution in [-0.4, -0.2) is 6.04 Å². The fourth-order valence-corrected chi connectivity index (χ4v) is 3.19. The lowest BCUT2D eigenvalue weighted by Gasteiger charge is -2.22. The lowest BCUT2D eigenvalue weighted by molar-refractivity contribution is 0.640. The Kier molecular flexibility index (Phi) is 3.01. The van der Waals surface area contributed by atoms with E-state index in [9.17, 15) is 0 Å². The van der Waals surface area contributed by atoms with Crippen molar-refractivity contribution >= 4 is 27.5 Å². The van der Waals surface area contributed by atoms with Crippen LogP contribution in [-0.2, 0) is 12.8 Å². The van der Waals surface area contributed by atoms with Gasteiger partial charge in [0.15, 0.2) is 0 Å². The van der Waals surface area contributed by atoms with Gasteiger partial charge < -0.3 is 5.32 Å². The van der Waals surface area contributed by atoms with Crippen LogP contribution in [0.5, 0.6) is 0 Å². The zero-order chi connectivity index (χ0) is 11.8. The van der Waals surface area contributed by atoms with Gasteiger partial charge in [0.2, 0.25) is 0 Å². The molecule has 1 aromatic rings. The van der Waals surface area contributed by atoms with E-state index in [2.05, 4.69) is 39.5 Å². The average molecular weight is 311 g/mol. The molecule has 3 rings (SSSR count). The molecule has 88 valence electrons. The summed E-state index contributed by atoms with van der Waals surface area (Å²) in [6.07, 6.45) is 7.52. The van der Waals surface area contributed by atoms with Crippen molar-refractivity contribution in [3.05, 3.63) is 56.7 Å². The highest BCUT2D eigenvalue weighted by Gasteiger charge is 2.22. The molecule has 1 unspecified atom stereocenters. The highest BCUT2D eigenvalue weighted by molar-refractivity contribution is 9.11. The predicted octanol–water partition coefficient (Wildman–Crippen LogP) is 3.96. The van der Waals surface area contributed by atoms with E-state index < -0.39 is 0 Å². The minimum atomic E-state index is 0.443. The van der Waals surface area contributed by atoms with Gasteiger partial charge >= 0.3 is 0 Å². The van der Waals surface area contributed by atoms with Gasteiger partial charge in [-0.25, -0.2) is 0 Å². The van der Waals surface area contributed by atoms with Gasteiger partial charge in [-0.05, 0) is 70.1 Å². The van der Waals surface area contributed by atoms with Crippen LogP contribution in [0.4, 0.5) is 0 Å². The second-order valence-electron chi connectivity index (χ2n) is 4.58. The molecule has 0 bridgehead atoms. The van der Waals surface area contributed by atoms with Crippen LogP contribution < -0.4 is 5.32 Å². The minimum absolute atomic E-state index is 0.443. The lowest BCUT2D eigenvalue weighted by Crippen LogP contribution is -2.30. The van der Waals surface area contributed by atoms with E-state index in [-0.39, 0.29) is 0 Å². The molecule has 1 aliphatic carbocycles. The smallest absolute Gasteiger partial charge is 0.0512 e. The first-order chi connectivity index (χ1) is 8.22. The second kappa shape index (κ2) is 4.51. The van der Waals surface area contributed by atoms with Crippen LogP contribution in [0.1, 0.15) is 17.5 Å². The summed E-state index contributed by atoms with van der Waals surface area (Å²) < 4.78 is 1.13. The zero-order valence-electron chi connectivity index (χ0n) is 9.34. The monoisotopic (exact) mass is 309 g/mol. The van der Waals surface area contributed by atoms with Crippen molar-refractivity contribution in [2.45, 2.75) is 25.3 Å². The Labute approximate surface area is 115 Å². The van der Waals surface area contributed by atoms with Crippen LogP contribution in [0, 0.1) is 0 Å². The largest absolute Gasteiger partial charge is 0.383 e. The molecule has 1 aromatic carbocycles. The van der Waals surface area contributed by atoms with Gasteiger partial charge in [0.05, 0.1) is 6.04 Å². The van der Waals surface area contributed by atoms with Gasteiger partial charge in [-0.3, -0.25) is 0 Å². The maximum Gasteiger partial charge on any atom is 0.0512 e. The molecule has 0 saturated carbocycles. The van der Waals surface area contributed by atoms with Crippen molar-refractivity contribution in [3.8, 4) is 0 Å². The van der Waals surface area contributed by atoms with Crippen LogP contribution in [0.2, 0.25) is 5.02 Å². The number of aryl methyl sites for hydroxylation is 1. The Morgan fingerprint density at radius 2 is 2.12 bits per heavy atom. The standard InChI is InChI=1S/C14H13BrClN/c15-12-5-11-2-1-9-6-13(16)4-3-10(9)7-14(11)17-8-12/h3-6,8,14,17H,1-2,7H2. The first-order valence-electron chi connectivity index (χ1n) is 5.82. The molecule has 0 fully saturated rings. The van der Waals surface area contributed by atoms with Crippen molar-refractivity contribution in [1.29, 1.82) is 0 Å². The Hall–Kier alpha value is -0.730. The quantitative estimate of drug-likeness (QED) is 0.765. The van der Waals surface area contributed by atoms with Gasteiger partial charge in [-0.15, -0.1) is 0 Å². The molecule has 1 nitrogen and oxygen atoms in total. The van der Waals surface area contributed by atoms with Gasteiger partial charge in [-0.2, -0.15) is 0 Å². The number of benzene rings is 1. The van der Waals surface area contributed by atoms with Crippen molar-refractivity contribution in [2.75, 3.05) is 0 Å². The summed E-state index contributed by atoms with van der Waals surface area (Å²) >= 11 is 9.58. The topological polar surface area (TPSA) is 12.0 Å². The normalized spacial score (nSPS) is 22.6. The molecular weight excluding hydrogens is 298 g/mol. The third kappa shape index (κ3) is 2.29. The Balaban J connectivity index is 1.95. The van der Waals surface area contributed by atoms with Crippen LogP contribution >= 0.6 is 27.5 Å². The SMILES string of the molecule is Clc1ccc2c(c1)CCC1=CC(Br)=CNC1C2. The molecular formula is C14H13BrClN. The van der Waals surface area contributed by atoms with Crippen LogP contribution in [0.15, 0.2) is 40.5 Å². The Bertz CT molecular complexity index is 519. The average Bonchev–Trinajstić information content (AvgIpc) is 2.48. The van der Waals surface area contributed by atoms with Gasteiger partial charge in [0, 0.05) is 15.7 Å². The number of nitrogens with one attached hydrogen (secondary N) is 1. The first-order valence-corrected chi connectivity index (χ1v) is 6.99. The summed E-state index contributed by atoms with van der Waals surface area (Å²) in [6.45, 7) is 0. The van der Waals surface area contributed by atoms with Crippen molar-refractivity contribution in [3.63, 3.8) is 0 Å². The first kappa shape index (κ1) is 11.4. The number of hydrogen-bond donors (Lipinski definition) is 1. The van der Waals surface area contributed by atoms with E-state index in [0.717, 1.165) is 28.8 Å². The number of hydrogen-bond acceptors (Lipinski definition) is 1. The van der Waals surface area contributed by atoms with E-state index in [0.29, 0.717) is 6.04 Å². The molecule has 0 saturated heterocycles. The number of dihydropyridines is 1. The van der Waals surface area contributed by atoms with E-state index in [1.54, 1.807) is 0 Å². The van der Waals surface area contributed by atoms with E-state index in [4.69, 9.17) is 11.6 Å². The third-order valence-electron chi connectivity index (χ3n) is 3.47. The van der Waals surface area contributed by atoms with Gasteiger partial charge in [-0.1, -0.05) is 17.7 Å². The van der Waals surface area contributed by atoms with E-state index in [1.807, 2.05) is 12.3 Å².